The Balaban J connectivity index is 1.56. The number of benzene rings is 1. The molecule has 0 saturated carbocycles. The Labute approximate surface area is 227 Å². The number of aliphatic hydroxyl groups is 1. The van der Waals surface area contributed by atoms with Crippen LogP contribution in [0.3, 0.4) is 0 Å². The van der Waals surface area contributed by atoms with Crippen LogP contribution in [-0.2, 0) is 23.4 Å². The van der Waals surface area contributed by atoms with Gasteiger partial charge in [0.25, 0.3) is 0 Å². The summed E-state index contributed by atoms with van der Waals surface area (Å²) >= 11 is 0. The van der Waals surface area contributed by atoms with Gasteiger partial charge in [-0.1, -0.05) is 18.2 Å². The number of para-hydroxylation sites is 1. The maximum absolute atomic E-state index is 15.3. The van der Waals surface area contributed by atoms with Gasteiger partial charge in [-0.15, -0.1) is 0 Å². The third-order valence-electron chi connectivity index (χ3n) is 5.74. The number of aliphatic hydroxyl groups excluding tert-OH is 1. The zero-order chi connectivity index (χ0) is 29.2. The third-order valence-corrected chi connectivity index (χ3v) is 7.39. The number of nitrogens with one attached hydrogen (secondary N) is 2. The van der Waals surface area contributed by atoms with Gasteiger partial charge in [0.2, 0.25) is 12.2 Å². The van der Waals surface area contributed by atoms with Crippen LogP contribution >= 0.6 is 7.75 Å². The van der Waals surface area contributed by atoms with Gasteiger partial charge in [0.15, 0.2) is 23.1 Å². The first-order chi connectivity index (χ1) is 18.8. The average Bonchev–Trinajstić information content (AvgIpc) is 3.40. The lowest BCUT2D eigenvalue weighted by molar-refractivity contribution is -0.149. The van der Waals surface area contributed by atoms with E-state index in [2.05, 4.69) is 25.4 Å². The molecule has 1 aliphatic heterocycles. The van der Waals surface area contributed by atoms with E-state index in [4.69, 9.17) is 24.3 Å². The van der Waals surface area contributed by atoms with Gasteiger partial charge in [0.1, 0.15) is 17.9 Å². The van der Waals surface area contributed by atoms with E-state index in [1.807, 2.05) is 0 Å². The zero-order valence-corrected chi connectivity index (χ0v) is 22.9. The van der Waals surface area contributed by atoms with Crippen molar-refractivity contribution in [3.05, 3.63) is 36.7 Å². The Kier molecular flexibility index (Phi) is 8.56. The zero-order valence-electron chi connectivity index (χ0n) is 22.0. The van der Waals surface area contributed by atoms with E-state index in [-0.39, 0.29) is 28.7 Å². The van der Waals surface area contributed by atoms with E-state index in [0.717, 1.165) is 10.9 Å². The van der Waals surface area contributed by atoms with E-state index in [0.29, 0.717) is 0 Å². The van der Waals surface area contributed by atoms with Crippen molar-refractivity contribution in [2.45, 2.75) is 57.3 Å². The molecule has 0 aliphatic carbocycles. The molecule has 1 fully saturated rings. The van der Waals surface area contributed by atoms with Crippen molar-refractivity contribution in [2.75, 3.05) is 24.7 Å². The molecule has 0 bridgehead atoms. The molecule has 0 unspecified atom stereocenters. The first kappa shape index (κ1) is 29.6. The number of esters is 1. The lowest BCUT2D eigenvalue weighted by Crippen LogP contribution is -2.40. The second-order valence-corrected chi connectivity index (χ2v) is 10.9. The fraction of sp³-hybridized carbons (Fsp3) is 0.478. The summed E-state index contributed by atoms with van der Waals surface area (Å²) in [5, 5.41) is 15.7. The molecule has 3 aromatic rings. The summed E-state index contributed by atoms with van der Waals surface area (Å²) in [6.45, 7) is 3.85. The topological polar surface area (TPSA) is 185 Å². The van der Waals surface area contributed by atoms with Crippen molar-refractivity contribution >= 4 is 36.6 Å². The average molecular weight is 586 g/mol. The predicted octanol–water partition coefficient (Wildman–Crippen LogP) is 2.48. The largest absolute Gasteiger partial charge is 0.462 e. The molecule has 14 nitrogen and oxygen atoms in total. The Hall–Kier alpha value is -3.43. The normalized spacial score (nSPS) is 22.6. The number of nitrogen functional groups attached to an aromatic ring is 1. The molecule has 218 valence electrons. The highest BCUT2D eigenvalue weighted by Gasteiger charge is 2.60. The van der Waals surface area contributed by atoms with Gasteiger partial charge in [-0.25, -0.2) is 9.55 Å². The smallest absolute Gasteiger partial charge is 0.459 e. The molecule has 1 aromatic carbocycles. The molecule has 0 amide bonds. The summed E-state index contributed by atoms with van der Waals surface area (Å²) in [7, 11) is -2.86. The van der Waals surface area contributed by atoms with Crippen LogP contribution in [0.2, 0.25) is 0 Å². The molecule has 5 atom stereocenters. The molecule has 17 heteroatoms. The lowest BCUT2D eigenvalue weighted by Gasteiger charge is -2.25. The van der Waals surface area contributed by atoms with Crippen LogP contribution in [0.5, 0.6) is 5.75 Å². The van der Waals surface area contributed by atoms with Crippen molar-refractivity contribution < 1.29 is 41.8 Å². The number of rotatable bonds is 11. The number of anilines is 2. The Morgan fingerprint density at radius 3 is 2.62 bits per heavy atom. The minimum atomic E-state index is -4.40. The molecule has 3 heterocycles. The maximum atomic E-state index is 15.3. The first-order valence-corrected chi connectivity index (χ1v) is 13.8. The van der Waals surface area contributed by atoms with Crippen LogP contribution in [0, 0.1) is 0 Å². The minimum Gasteiger partial charge on any atom is -0.462 e. The highest BCUT2D eigenvalue weighted by Crippen LogP contribution is 2.48. The third kappa shape index (κ3) is 6.15. The van der Waals surface area contributed by atoms with Gasteiger partial charge < -0.3 is 30.2 Å². The van der Waals surface area contributed by atoms with E-state index >= 15 is 8.78 Å². The van der Waals surface area contributed by atoms with Crippen LogP contribution in [0.25, 0.3) is 11.2 Å². The fourth-order valence-electron chi connectivity index (χ4n) is 3.89. The van der Waals surface area contributed by atoms with Gasteiger partial charge in [-0.3, -0.25) is 13.9 Å². The highest BCUT2D eigenvalue weighted by atomic mass is 31.2. The first-order valence-electron chi connectivity index (χ1n) is 12.2. The van der Waals surface area contributed by atoms with Gasteiger partial charge in [-0.2, -0.15) is 23.8 Å². The van der Waals surface area contributed by atoms with Crippen molar-refractivity contribution in [3.8, 4) is 5.75 Å². The van der Waals surface area contributed by atoms with E-state index in [9.17, 15) is 14.5 Å². The van der Waals surface area contributed by atoms with Crippen LogP contribution < -0.4 is 20.7 Å². The van der Waals surface area contributed by atoms with E-state index in [1.165, 1.54) is 19.1 Å². The SMILES string of the molecule is CNc1nc(N)nc2c1ncn2[C@@H]1O[C@H](CO[P@](=O)(N[C@@H](C)C(=O)OC(C)C)Oc2ccccc2)[C@@H](O)C1(F)F. The monoisotopic (exact) mass is 585 g/mol. The summed E-state index contributed by atoms with van der Waals surface area (Å²) in [5.41, 5.74) is 5.80. The number of nitrogens with two attached hydrogens (primary N) is 1. The molecule has 0 spiro atoms. The lowest BCUT2D eigenvalue weighted by atomic mass is 10.1. The number of hydrogen-bond acceptors (Lipinski definition) is 12. The van der Waals surface area contributed by atoms with Gasteiger partial charge in [0.05, 0.1) is 19.0 Å². The molecular weight excluding hydrogens is 555 g/mol. The maximum Gasteiger partial charge on any atom is 0.459 e. The number of aromatic nitrogens is 4. The van der Waals surface area contributed by atoms with Crippen LogP contribution in [-0.4, -0.2) is 74.5 Å². The number of hydrogen-bond donors (Lipinski definition) is 4. The van der Waals surface area contributed by atoms with E-state index < -0.39 is 56.8 Å². The van der Waals surface area contributed by atoms with Gasteiger partial charge in [-0.05, 0) is 32.9 Å². The predicted molar refractivity (Wildman–Crippen MR) is 139 cm³/mol. The van der Waals surface area contributed by atoms with Gasteiger partial charge in [0, 0.05) is 7.05 Å². The molecule has 5 N–H and O–H groups in total. The Morgan fingerprint density at radius 1 is 1.27 bits per heavy atom. The minimum absolute atomic E-state index is 0.0625. The number of halogens is 2. The molecule has 1 saturated heterocycles. The van der Waals surface area contributed by atoms with Crippen LogP contribution in [0.4, 0.5) is 20.5 Å². The highest BCUT2D eigenvalue weighted by molar-refractivity contribution is 7.52. The second kappa shape index (κ2) is 11.6. The molecular formula is C23H30F2N7O7P. The molecule has 4 rings (SSSR count). The molecule has 0 radical (unpaired) electrons. The Morgan fingerprint density at radius 2 is 1.98 bits per heavy atom. The number of carbonyl (C=O) groups is 1. The van der Waals surface area contributed by atoms with Crippen molar-refractivity contribution in [1.29, 1.82) is 0 Å². The number of carbonyl (C=O) groups excluding carboxylic acids is 1. The van der Waals surface area contributed by atoms with E-state index in [1.54, 1.807) is 39.1 Å². The molecule has 1 aliphatic rings. The summed E-state index contributed by atoms with van der Waals surface area (Å²) in [5.74, 6) is -4.48. The number of ether oxygens (including phenoxy) is 2. The number of imidazole rings is 1. The Bertz CT molecular complexity index is 1390. The summed E-state index contributed by atoms with van der Waals surface area (Å²) in [6, 6.07) is 6.71. The molecule has 2 aromatic heterocycles. The van der Waals surface area contributed by atoms with Crippen molar-refractivity contribution in [2.24, 2.45) is 0 Å². The summed E-state index contributed by atoms with van der Waals surface area (Å²) in [6.07, 6.45) is -5.51. The standard InChI is InChI=1S/C23H30F2N7O7P/c1-12(2)37-20(34)13(3)31-40(35,39-14-8-6-5-7-9-14)36-10-15-17(33)23(24,25)21(38-15)32-11-28-16-18(27-4)29-22(26)30-19(16)32/h5-9,11-13,15,17,21,33H,10H2,1-4H3,(H,31,35)(H3,26,27,29,30)/t13-,15+,17+,21+,40+/m0/s1. The van der Waals surface area contributed by atoms with Gasteiger partial charge >= 0.3 is 19.6 Å². The summed E-state index contributed by atoms with van der Waals surface area (Å²) in [4.78, 5) is 24.3. The number of alkyl halides is 2. The summed E-state index contributed by atoms with van der Waals surface area (Å²) < 4.78 is 66.7. The molecule has 40 heavy (non-hydrogen) atoms. The van der Waals surface area contributed by atoms with Crippen LogP contribution in [0.15, 0.2) is 36.7 Å². The quantitative estimate of drug-likeness (QED) is 0.190. The number of nitrogens with zero attached hydrogens (tertiary/aromatic N) is 4. The van der Waals surface area contributed by atoms with Crippen LogP contribution in [0.1, 0.15) is 27.0 Å². The van der Waals surface area contributed by atoms with Crippen molar-refractivity contribution in [1.82, 2.24) is 24.6 Å². The fourth-order valence-corrected chi connectivity index (χ4v) is 5.39. The number of fused-ring (bicyclic) bond motifs is 1. The second-order valence-electron chi connectivity index (χ2n) is 9.18. The van der Waals surface area contributed by atoms with Crippen molar-refractivity contribution in [3.63, 3.8) is 0 Å².